The topological polar surface area (TPSA) is 131 Å². The Labute approximate surface area is 166 Å². The third-order valence-electron chi connectivity index (χ3n) is 4.64. The Bertz CT molecular complexity index is 945. The van der Waals surface area contributed by atoms with Crippen molar-refractivity contribution in [3.8, 4) is 5.75 Å². The lowest BCUT2D eigenvalue weighted by Crippen LogP contribution is -2.34. The average Bonchev–Trinajstić information content (AvgIpc) is 3.18. The van der Waals surface area contributed by atoms with Crippen molar-refractivity contribution < 1.29 is 28.9 Å². The molecule has 1 aromatic carbocycles. The van der Waals surface area contributed by atoms with E-state index in [9.17, 15) is 19.5 Å². The number of H-pyrrole nitrogens is 1. The monoisotopic (exact) mass is 403 g/mol. The minimum atomic E-state index is -0.964. The molecule has 2 atom stereocenters. The summed E-state index contributed by atoms with van der Waals surface area (Å²) in [7, 11) is 2.61. The van der Waals surface area contributed by atoms with Crippen molar-refractivity contribution in [3.63, 3.8) is 0 Å². The molecule has 2 heterocycles. The number of hydrogen-bond acceptors (Lipinski definition) is 8. The van der Waals surface area contributed by atoms with Gasteiger partial charge >= 0.3 is 12.1 Å². The van der Waals surface area contributed by atoms with Gasteiger partial charge in [-0.2, -0.15) is 0 Å². The summed E-state index contributed by atoms with van der Waals surface area (Å²) in [4.78, 5) is 44.4. The van der Waals surface area contributed by atoms with E-state index in [0.29, 0.717) is 6.42 Å². The number of methoxy groups -OCH3 is 2. The van der Waals surface area contributed by atoms with Gasteiger partial charge in [0.1, 0.15) is 12.4 Å². The number of benzene rings is 1. The summed E-state index contributed by atoms with van der Waals surface area (Å²) in [6.45, 7) is 0.292. The lowest BCUT2D eigenvalue weighted by molar-refractivity contribution is 0.0588. The molecule has 10 nitrogen and oxygen atoms in total. The summed E-state index contributed by atoms with van der Waals surface area (Å²) < 4.78 is 15.3. The second-order valence-electron chi connectivity index (χ2n) is 6.44. The maximum atomic E-state index is 12.7. The molecule has 1 aromatic heterocycles. The normalized spacial score (nSPS) is 18.5. The van der Waals surface area contributed by atoms with E-state index in [1.807, 2.05) is 30.3 Å². The van der Waals surface area contributed by atoms with Crippen LogP contribution in [0.2, 0.25) is 0 Å². The number of ether oxygens (including phenoxy) is 3. The van der Waals surface area contributed by atoms with E-state index in [2.05, 4.69) is 14.7 Å². The maximum absolute atomic E-state index is 12.7. The van der Waals surface area contributed by atoms with Crippen LogP contribution in [0.5, 0.6) is 5.75 Å². The molecule has 3 rings (SSSR count). The van der Waals surface area contributed by atoms with E-state index in [4.69, 9.17) is 9.47 Å². The Morgan fingerprint density at radius 1 is 1.28 bits per heavy atom. The highest BCUT2D eigenvalue weighted by Gasteiger charge is 2.39. The lowest BCUT2D eigenvalue weighted by atomic mass is 10.2. The molecule has 29 heavy (non-hydrogen) atoms. The van der Waals surface area contributed by atoms with Gasteiger partial charge in [0.25, 0.3) is 5.56 Å². The first-order chi connectivity index (χ1) is 13.9. The maximum Gasteiger partial charge on any atom is 0.410 e. The molecule has 2 N–H and O–H groups in total. The van der Waals surface area contributed by atoms with Gasteiger partial charge < -0.3 is 24.3 Å². The Balaban J connectivity index is 1.86. The molecule has 0 unspecified atom stereocenters. The number of aromatic amines is 1. The number of rotatable bonds is 5. The highest BCUT2D eigenvalue weighted by atomic mass is 16.6. The molecule has 1 fully saturated rings. The third kappa shape index (κ3) is 4.37. The van der Waals surface area contributed by atoms with Gasteiger partial charge in [0, 0.05) is 13.5 Å². The van der Waals surface area contributed by atoms with E-state index >= 15 is 0 Å². The Morgan fingerprint density at radius 3 is 2.66 bits per heavy atom. The molecular weight excluding hydrogens is 382 g/mol. The summed E-state index contributed by atoms with van der Waals surface area (Å²) in [5, 5.41) is 9.81. The lowest BCUT2D eigenvalue weighted by Gasteiger charge is -2.23. The van der Waals surface area contributed by atoms with Crippen LogP contribution >= 0.6 is 0 Å². The van der Waals surface area contributed by atoms with Crippen LogP contribution in [0.15, 0.2) is 35.1 Å². The number of likely N-dealkylation sites (tertiary alicyclic amines) is 1. The predicted molar refractivity (Wildman–Crippen MR) is 99.4 cm³/mol. The predicted octanol–water partition coefficient (Wildman–Crippen LogP) is 1.36. The highest BCUT2D eigenvalue weighted by Crippen LogP contribution is 2.32. The van der Waals surface area contributed by atoms with Crippen molar-refractivity contribution >= 4 is 12.1 Å². The zero-order valence-electron chi connectivity index (χ0n) is 16.0. The molecule has 1 aliphatic rings. The molecule has 0 spiro atoms. The van der Waals surface area contributed by atoms with Gasteiger partial charge in [-0.25, -0.2) is 14.6 Å². The van der Waals surface area contributed by atoms with Crippen molar-refractivity contribution in [2.24, 2.45) is 0 Å². The minimum absolute atomic E-state index is 0.0319. The number of aromatic hydroxyl groups is 1. The van der Waals surface area contributed by atoms with Crippen LogP contribution < -0.4 is 5.56 Å². The molecule has 2 aromatic rings. The zero-order valence-corrected chi connectivity index (χ0v) is 16.0. The van der Waals surface area contributed by atoms with Gasteiger partial charge in [-0.05, 0) is 5.56 Å². The third-order valence-corrected chi connectivity index (χ3v) is 4.64. The van der Waals surface area contributed by atoms with Crippen molar-refractivity contribution in [1.29, 1.82) is 0 Å². The van der Waals surface area contributed by atoms with Crippen molar-refractivity contribution in [2.75, 3.05) is 20.8 Å². The first-order valence-electron chi connectivity index (χ1n) is 8.86. The van der Waals surface area contributed by atoms with Crippen LogP contribution in [0, 0.1) is 0 Å². The van der Waals surface area contributed by atoms with Gasteiger partial charge in [0.15, 0.2) is 5.69 Å². The van der Waals surface area contributed by atoms with Crippen LogP contribution in [0.25, 0.3) is 0 Å². The van der Waals surface area contributed by atoms with Crippen LogP contribution in [-0.2, 0) is 20.8 Å². The Hall–Kier alpha value is -3.40. The minimum Gasteiger partial charge on any atom is -0.501 e. The van der Waals surface area contributed by atoms with Crippen molar-refractivity contribution in [3.05, 3.63) is 57.8 Å². The van der Waals surface area contributed by atoms with Gasteiger partial charge in [0.05, 0.1) is 25.8 Å². The summed E-state index contributed by atoms with van der Waals surface area (Å²) in [6, 6.07) is 8.48. The molecule has 0 bridgehead atoms. The smallest absolute Gasteiger partial charge is 0.410 e. The molecule has 1 aliphatic heterocycles. The fourth-order valence-corrected chi connectivity index (χ4v) is 3.11. The van der Waals surface area contributed by atoms with Crippen molar-refractivity contribution in [1.82, 2.24) is 14.9 Å². The standard InChI is InChI=1S/C19H21N3O7/c1-27-12-8-13(16-20-14(18(25)28-2)15(23)17(24)21-16)22(9-12)19(26)29-10-11-6-4-3-5-7-11/h3-7,12-13,23H,8-10H2,1-2H3,(H,20,21,24)/t12-,13+/m1/s1. The zero-order chi connectivity index (χ0) is 21.0. The van der Waals surface area contributed by atoms with Gasteiger partial charge in [-0.1, -0.05) is 30.3 Å². The van der Waals surface area contributed by atoms with Crippen LogP contribution in [-0.4, -0.2) is 58.9 Å². The van der Waals surface area contributed by atoms with Crippen LogP contribution in [0.4, 0.5) is 4.79 Å². The molecule has 0 radical (unpaired) electrons. The van der Waals surface area contributed by atoms with E-state index < -0.39 is 35.1 Å². The average molecular weight is 403 g/mol. The first-order valence-corrected chi connectivity index (χ1v) is 8.86. The second kappa shape index (κ2) is 8.74. The number of esters is 1. The number of carbonyl (C=O) groups excluding carboxylic acids is 2. The SMILES string of the molecule is COC(=O)c1nc([C@@H]2C[C@@H](OC)CN2C(=O)OCc2ccccc2)[nH]c(=O)c1O. The van der Waals surface area contributed by atoms with E-state index in [1.165, 1.54) is 12.0 Å². The number of carbonyl (C=O) groups is 2. The van der Waals surface area contributed by atoms with E-state index in [0.717, 1.165) is 12.7 Å². The fraction of sp³-hybridized carbons (Fsp3) is 0.368. The van der Waals surface area contributed by atoms with Gasteiger partial charge in [-0.3, -0.25) is 9.69 Å². The summed E-state index contributed by atoms with van der Waals surface area (Å²) in [6.07, 6.45) is -0.607. The molecule has 10 heteroatoms. The molecule has 1 amide bonds. The first kappa shape index (κ1) is 20.3. The molecule has 1 saturated heterocycles. The fourth-order valence-electron chi connectivity index (χ4n) is 3.11. The number of hydrogen-bond donors (Lipinski definition) is 2. The number of aromatic nitrogens is 2. The largest absolute Gasteiger partial charge is 0.501 e. The van der Waals surface area contributed by atoms with Crippen LogP contribution in [0.1, 0.15) is 34.3 Å². The Morgan fingerprint density at radius 2 is 2.00 bits per heavy atom. The summed E-state index contributed by atoms with van der Waals surface area (Å²) in [5.74, 6) is -1.78. The highest BCUT2D eigenvalue weighted by molar-refractivity contribution is 5.89. The number of amides is 1. The molecule has 154 valence electrons. The van der Waals surface area contributed by atoms with Gasteiger partial charge in [-0.15, -0.1) is 0 Å². The summed E-state index contributed by atoms with van der Waals surface area (Å²) >= 11 is 0. The van der Waals surface area contributed by atoms with Crippen molar-refractivity contribution in [2.45, 2.75) is 25.2 Å². The van der Waals surface area contributed by atoms with E-state index in [-0.39, 0.29) is 25.1 Å². The van der Waals surface area contributed by atoms with E-state index in [1.54, 1.807) is 0 Å². The quantitative estimate of drug-likeness (QED) is 0.716. The Kier molecular flexibility index (Phi) is 6.13. The second-order valence-corrected chi connectivity index (χ2v) is 6.44. The van der Waals surface area contributed by atoms with Gasteiger partial charge in [0.2, 0.25) is 5.75 Å². The number of nitrogens with one attached hydrogen (secondary N) is 1. The molecule has 0 aliphatic carbocycles. The number of nitrogens with zero attached hydrogens (tertiary/aromatic N) is 2. The molecular formula is C19H21N3O7. The molecule has 0 saturated carbocycles. The summed E-state index contributed by atoms with van der Waals surface area (Å²) in [5.41, 5.74) is -0.609. The van der Waals surface area contributed by atoms with Crippen LogP contribution in [0.3, 0.4) is 0 Å².